The van der Waals surface area contributed by atoms with Crippen LogP contribution in [0, 0.1) is 0 Å². The van der Waals surface area contributed by atoms with E-state index in [1.807, 2.05) is 18.3 Å². The highest BCUT2D eigenvalue weighted by molar-refractivity contribution is 5.92. The molecule has 1 atom stereocenters. The van der Waals surface area contributed by atoms with Crippen LogP contribution in [0.5, 0.6) is 0 Å². The van der Waals surface area contributed by atoms with E-state index in [-0.39, 0.29) is 5.78 Å². The molecule has 1 aliphatic carbocycles. The van der Waals surface area contributed by atoms with Gasteiger partial charge in [-0.3, -0.25) is 4.79 Å². The second-order valence-corrected chi connectivity index (χ2v) is 5.39. The lowest BCUT2D eigenvalue weighted by Crippen LogP contribution is -2.17. The summed E-state index contributed by atoms with van der Waals surface area (Å²) in [5.41, 5.74) is 3.77. The normalized spacial score (nSPS) is 18.1. The van der Waals surface area contributed by atoms with Crippen LogP contribution in [-0.2, 0) is 13.0 Å². The molecular weight excluding hydrogens is 234 g/mol. The minimum absolute atomic E-state index is 0.147. The molecule has 0 saturated carbocycles. The summed E-state index contributed by atoms with van der Waals surface area (Å²) in [6, 6.07) is 12.6. The van der Waals surface area contributed by atoms with E-state index in [9.17, 15) is 4.79 Å². The van der Waals surface area contributed by atoms with Gasteiger partial charge < -0.3 is 4.57 Å². The third kappa shape index (κ3) is 2.35. The van der Waals surface area contributed by atoms with E-state index in [0.717, 1.165) is 12.2 Å². The van der Waals surface area contributed by atoms with Crippen molar-refractivity contribution in [3.05, 3.63) is 59.4 Å². The lowest BCUT2D eigenvalue weighted by atomic mass is 9.83. The molecule has 0 amide bonds. The summed E-state index contributed by atoms with van der Waals surface area (Å²) >= 11 is 0. The highest BCUT2D eigenvalue weighted by Crippen LogP contribution is 2.32. The topological polar surface area (TPSA) is 22.0 Å². The van der Waals surface area contributed by atoms with Crippen LogP contribution in [0.2, 0.25) is 0 Å². The summed E-state index contributed by atoms with van der Waals surface area (Å²) in [6.07, 6.45) is 5.68. The molecule has 1 aromatic carbocycles. The van der Waals surface area contributed by atoms with Crippen molar-refractivity contribution in [1.29, 1.82) is 0 Å². The number of carbonyl (C=O) groups is 1. The fraction of sp³-hybridized carbons (Fsp3) is 0.353. The number of aryl methyl sites for hydroxylation is 1. The molecule has 0 radical (unpaired) electrons. The zero-order valence-electron chi connectivity index (χ0n) is 11.3. The molecule has 2 heteroatoms. The van der Waals surface area contributed by atoms with E-state index in [2.05, 4.69) is 28.8 Å². The Morgan fingerprint density at radius 2 is 2.11 bits per heavy atom. The van der Waals surface area contributed by atoms with E-state index in [1.165, 1.54) is 30.4 Å². The van der Waals surface area contributed by atoms with Crippen LogP contribution in [0.1, 0.15) is 47.3 Å². The highest BCUT2D eigenvalue weighted by Gasteiger charge is 2.21. The molecular formula is C17H19NO. The third-order valence-electron chi connectivity index (χ3n) is 4.10. The Morgan fingerprint density at radius 1 is 1.26 bits per heavy atom. The van der Waals surface area contributed by atoms with Crippen molar-refractivity contribution in [2.75, 3.05) is 0 Å². The molecule has 0 bridgehead atoms. The summed E-state index contributed by atoms with van der Waals surface area (Å²) in [5.74, 6) is 0.685. The van der Waals surface area contributed by atoms with Crippen LogP contribution in [0.3, 0.4) is 0 Å². The van der Waals surface area contributed by atoms with Crippen LogP contribution in [0.15, 0.2) is 42.6 Å². The minimum atomic E-state index is 0.147. The zero-order valence-corrected chi connectivity index (χ0v) is 11.3. The fourth-order valence-electron chi connectivity index (χ4n) is 3.17. The van der Waals surface area contributed by atoms with Crippen LogP contribution in [0.4, 0.5) is 0 Å². The molecule has 1 heterocycles. The minimum Gasteiger partial charge on any atom is -0.345 e. The molecule has 1 unspecified atom stereocenters. The summed E-state index contributed by atoms with van der Waals surface area (Å²) < 4.78 is 2.11. The van der Waals surface area contributed by atoms with Crippen molar-refractivity contribution in [1.82, 2.24) is 4.57 Å². The molecule has 2 aromatic rings. The monoisotopic (exact) mass is 253 g/mol. The average molecular weight is 253 g/mol. The van der Waals surface area contributed by atoms with Crippen LogP contribution in [0.25, 0.3) is 0 Å². The second-order valence-electron chi connectivity index (χ2n) is 5.39. The number of nitrogens with zero attached hydrogens (tertiary/aromatic N) is 1. The average Bonchev–Trinajstić information content (AvgIpc) is 2.87. The summed E-state index contributed by atoms with van der Waals surface area (Å²) in [5, 5.41) is 0. The predicted octanol–water partition coefficient (Wildman–Crippen LogP) is 3.81. The molecule has 0 spiro atoms. The lowest BCUT2D eigenvalue weighted by molar-refractivity contribution is 0.100. The summed E-state index contributed by atoms with van der Waals surface area (Å²) in [6.45, 7) is 2.56. The van der Waals surface area contributed by atoms with Crippen molar-refractivity contribution < 1.29 is 4.79 Å². The van der Waals surface area contributed by atoms with Crippen LogP contribution in [-0.4, -0.2) is 10.4 Å². The Balaban J connectivity index is 1.89. The number of fused-ring (bicyclic) bond motifs is 1. The van der Waals surface area contributed by atoms with Gasteiger partial charge in [-0.1, -0.05) is 24.3 Å². The molecule has 0 aliphatic heterocycles. The van der Waals surface area contributed by atoms with Crippen LogP contribution >= 0.6 is 0 Å². The van der Waals surface area contributed by atoms with E-state index < -0.39 is 0 Å². The Hall–Kier alpha value is -1.83. The van der Waals surface area contributed by atoms with E-state index >= 15 is 0 Å². The van der Waals surface area contributed by atoms with E-state index in [1.54, 1.807) is 6.92 Å². The zero-order chi connectivity index (χ0) is 13.2. The number of Topliss-reactive ketones (excluding diaryl/α,β-unsaturated/α-hetero) is 1. The summed E-state index contributed by atoms with van der Waals surface area (Å²) in [7, 11) is 0. The van der Waals surface area contributed by atoms with Gasteiger partial charge in [0.15, 0.2) is 5.78 Å². The molecule has 98 valence electrons. The highest BCUT2D eigenvalue weighted by atomic mass is 16.1. The number of hydrogen-bond acceptors (Lipinski definition) is 1. The molecule has 1 aliphatic rings. The number of carbonyl (C=O) groups excluding carboxylic acids is 1. The number of rotatable bonds is 3. The van der Waals surface area contributed by atoms with Gasteiger partial charge in [-0.15, -0.1) is 0 Å². The lowest BCUT2D eigenvalue weighted by Gasteiger charge is -2.26. The van der Waals surface area contributed by atoms with Crippen molar-refractivity contribution in [3.63, 3.8) is 0 Å². The number of ketones is 1. The number of hydrogen-bond donors (Lipinski definition) is 0. The standard InChI is InChI=1S/C17H19NO/c1-13(19)17-10-5-11-18(17)12-15-8-4-7-14-6-2-3-9-16(14)15/h2-3,5-6,9-11,15H,4,7-8,12H2,1H3. The largest absolute Gasteiger partial charge is 0.345 e. The molecule has 2 nitrogen and oxygen atoms in total. The maximum Gasteiger partial charge on any atom is 0.176 e. The predicted molar refractivity (Wildman–Crippen MR) is 76.6 cm³/mol. The first-order valence-corrected chi connectivity index (χ1v) is 6.99. The Kier molecular flexibility index (Phi) is 3.24. The van der Waals surface area contributed by atoms with Gasteiger partial charge in [-0.25, -0.2) is 0 Å². The van der Waals surface area contributed by atoms with Crippen molar-refractivity contribution in [2.24, 2.45) is 0 Å². The van der Waals surface area contributed by atoms with Gasteiger partial charge >= 0.3 is 0 Å². The van der Waals surface area contributed by atoms with Crippen molar-refractivity contribution in [2.45, 2.75) is 38.6 Å². The smallest absolute Gasteiger partial charge is 0.176 e. The first kappa shape index (κ1) is 12.2. The number of benzene rings is 1. The molecule has 0 fully saturated rings. The first-order valence-electron chi connectivity index (χ1n) is 6.99. The Labute approximate surface area is 114 Å². The SMILES string of the molecule is CC(=O)c1cccn1CC1CCCc2ccccc21. The van der Waals surface area contributed by atoms with Crippen molar-refractivity contribution >= 4 is 5.78 Å². The van der Waals surface area contributed by atoms with Gasteiger partial charge in [-0.05, 0) is 42.5 Å². The van der Waals surface area contributed by atoms with Gasteiger partial charge in [0.05, 0.1) is 5.69 Å². The summed E-state index contributed by atoms with van der Waals surface area (Å²) in [4.78, 5) is 11.6. The van der Waals surface area contributed by atoms with Gasteiger partial charge in [0, 0.05) is 25.6 Å². The van der Waals surface area contributed by atoms with Gasteiger partial charge in [0.2, 0.25) is 0 Å². The van der Waals surface area contributed by atoms with Crippen molar-refractivity contribution in [3.8, 4) is 0 Å². The molecule has 0 saturated heterocycles. The van der Waals surface area contributed by atoms with E-state index in [4.69, 9.17) is 0 Å². The third-order valence-corrected chi connectivity index (χ3v) is 4.10. The first-order chi connectivity index (χ1) is 9.25. The van der Waals surface area contributed by atoms with Gasteiger partial charge in [0.1, 0.15) is 0 Å². The second kappa shape index (κ2) is 5.04. The quantitative estimate of drug-likeness (QED) is 0.762. The van der Waals surface area contributed by atoms with Gasteiger partial charge in [-0.2, -0.15) is 0 Å². The van der Waals surface area contributed by atoms with Gasteiger partial charge in [0.25, 0.3) is 0 Å². The Bertz CT molecular complexity index is 597. The molecule has 3 rings (SSSR count). The van der Waals surface area contributed by atoms with Crippen LogP contribution < -0.4 is 0 Å². The Morgan fingerprint density at radius 3 is 2.95 bits per heavy atom. The molecule has 19 heavy (non-hydrogen) atoms. The molecule has 0 N–H and O–H groups in total. The van der Waals surface area contributed by atoms with E-state index in [0.29, 0.717) is 5.92 Å². The maximum absolute atomic E-state index is 11.6. The molecule has 1 aromatic heterocycles. The fourth-order valence-corrected chi connectivity index (χ4v) is 3.17. The number of aromatic nitrogens is 1. The maximum atomic E-state index is 11.6.